The molecule has 3 atom stereocenters. The van der Waals surface area contributed by atoms with Gasteiger partial charge in [-0.15, -0.1) is 0 Å². The fourth-order valence-corrected chi connectivity index (χ4v) is 6.78. The lowest BCUT2D eigenvalue weighted by Gasteiger charge is -2.38. The van der Waals surface area contributed by atoms with E-state index in [1.807, 2.05) is 61.2 Å². The molecule has 0 aromatic heterocycles. The summed E-state index contributed by atoms with van der Waals surface area (Å²) in [5, 5.41) is 20.2. The molecular weight excluding hydrogens is 578 g/mol. The maximum absolute atomic E-state index is 14.1. The van der Waals surface area contributed by atoms with Crippen molar-refractivity contribution in [1.82, 2.24) is 20.9 Å². The van der Waals surface area contributed by atoms with Gasteiger partial charge in [0.2, 0.25) is 11.8 Å². The van der Waals surface area contributed by atoms with Crippen molar-refractivity contribution in [1.29, 1.82) is 0 Å². The van der Waals surface area contributed by atoms with Gasteiger partial charge in [-0.3, -0.25) is 19.9 Å². The first-order chi connectivity index (χ1) is 22.1. The van der Waals surface area contributed by atoms with Crippen molar-refractivity contribution in [2.75, 3.05) is 26.2 Å². The van der Waals surface area contributed by atoms with E-state index in [0.717, 1.165) is 22.3 Å². The summed E-state index contributed by atoms with van der Waals surface area (Å²) >= 11 is 0. The van der Waals surface area contributed by atoms with Crippen LogP contribution in [0, 0.1) is 0 Å². The van der Waals surface area contributed by atoms with Crippen LogP contribution in [0.25, 0.3) is 0 Å². The van der Waals surface area contributed by atoms with Crippen molar-refractivity contribution >= 4 is 17.8 Å². The molecule has 8 N–H and O–H groups in total. The number of nitrogens with zero attached hydrogens (tertiary/aromatic N) is 2. The van der Waals surface area contributed by atoms with Crippen LogP contribution >= 0.6 is 0 Å². The molecule has 0 saturated carbocycles. The molecule has 0 aliphatic carbocycles. The summed E-state index contributed by atoms with van der Waals surface area (Å²) in [5.41, 5.74) is 15.0. The normalized spacial score (nSPS) is 20.9. The highest BCUT2D eigenvalue weighted by Crippen LogP contribution is 2.32. The number of phenols is 1. The van der Waals surface area contributed by atoms with Crippen LogP contribution in [0.2, 0.25) is 0 Å². The zero-order valence-corrected chi connectivity index (χ0v) is 26.8. The van der Waals surface area contributed by atoms with Gasteiger partial charge in [-0.2, -0.15) is 0 Å². The molecule has 0 spiro atoms. The summed E-state index contributed by atoms with van der Waals surface area (Å²) in [6.07, 6.45) is 2.38. The molecular formula is C36H47N7O3. The van der Waals surface area contributed by atoms with Crippen LogP contribution in [0.3, 0.4) is 0 Å². The van der Waals surface area contributed by atoms with Gasteiger partial charge in [0, 0.05) is 43.7 Å². The van der Waals surface area contributed by atoms with E-state index in [0.29, 0.717) is 51.9 Å². The first kappa shape index (κ1) is 33.0. The molecule has 0 radical (unpaired) electrons. The summed E-state index contributed by atoms with van der Waals surface area (Å²) < 4.78 is 0. The number of carbonyl (C=O) groups is 2. The van der Waals surface area contributed by atoms with Gasteiger partial charge in [0.05, 0.1) is 12.1 Å². The van der Waals surface area contributed by atoms with Crippen molar-refractivity contribution in [3.8, 4) is 5.75 Å². The number of carbonyl (C=O) groups excluding carboxylic acids is 2. The van der Waals surface area contributed by atoms with E-state index >= 15 is 0 Å². The summed E-state index contributed by atoms with van der Waals surface area (Å²) in [7, 11) is 0. The smallest absolute Gasteiger partial charge is 0.239 e. The number of aliphatic imine (C=N–C) groups is 1. The Kier molecular flexibility index (Phi) is 10.6. The number of phenolic OH excluding ortho intramolecular Hbond substituents is 1. The van der Waals surface area contributed by atoms with E-state index in [9.17, 15) is 14.7 Å². The molecule has 0 unspecified atom stereocenters. The zero-order chi connectivity index (χ0) is 32.7. The Labute approximate surface area is 271 Å². The van der Waals surface area contributed by atoms with Gasteiger partial charge in [0.25, 0.3) is 0 Å². The molecule has 1 saturated heterocycles. The highest BCUT2D eigenvalue weighted by Gasteiger charge is 2.37. The quantitative estimate of drug-likeness (QED) is 0.109. The van der Waals surface area contributed by atoms with Crippen LogP contribution in [0.5, 0.6) is 5.75 Å². The number of aromatic hydroxyl groups is 1. The maximum Gasteiger partial charge on any atom is 0.239 e. The molecule has 2 amide bonds. The Hall–Kier alpha value is -4.41. The second kappa shape index (κ2) is 14.8. The van der Waals surface area contributed by atoms with E-state index in [1.165, 1.54) is 0 Å². The predicted octanol–water partition coefficient (Wildman–Crippen LogP) is 2.70. The third-order valence-electron chi connectivity index (χ3n) is 9.11. The number of hydrogen-bond donors (Lipinski definition) is 6. The molecule has 10 nitrogen and oxygen atoms in total. The molecule has 3 aromatic carbocycles. The van der Waals surface area contributed by atoms with Gasteiger partial charge in [0.1, 0.15) is 5.75 Å². The lowest BCUT2D eigenvalue weighted by molar-refractivity contribution is -0.133. The number of nitrogens with two attached hydrogens (primary N) is 2. The van der Waals surface area contributed by atoms with Gasteiger partial charge < -0.3 is 32.1 Å². The topological polar surface area (TPSA) is 158 Å². The predicted molar refractivity (Wildman–Crippen MR) is 181 cm³/mol. The average Bonchev–Trinajstić information content (AvgIpc) is 3.18. The first-order valence-electron chi connectivity index (χ1n) is 16.2. The number of hydrogen-bond acceptors (Lipinski definition) is 6. The van der Waals surface area contributed by atoms with Crippen LogP contribution in [-0.2, 0) is 21.5 Å². The third-order valence-corrected chi connectivity index (χ3v) is 9.11. The standard InChI is InChI=1S/C36H47N7O3/c1-36(2)30-16-15-28(44)20-26(30)21-32(42-36)33(45)40-22-27-17-19-43(34(46)31(41-27)14-9-18-39-35(37)38)23-29(24-10-5-3-6-11-24)25-12-7-4-8-13-25/h3-8,10-13,15-16,20,27,29,31-32,41-42,44H,9,14,17-19,21-23H2,1-2H3,(H,40,45)(H4,37,38,39)/t27-,31-,32+/m0/s1. The van der Waals surface area contributed by atoms with Gasteiger partial charge in [-0.25, -0.2) is 0 Å². The Bertz CT molecular complexity index is 1470. The van der Waals surface area contributed by atoms with Crippen molar-refractivity contribution < 1.29 is 14.7 Å². The summed E-state index contributed by atoms with van der Waals surface area (Å²) in [4.78, 5) is 33.6. The SMILES string of the molecule is CC1(C)N[C@@H](C(=O)NC[C@@H]2CCN(CC(c3ccccc3)c3ccccc3)C(=O)[C@H](CCCN=C(N)N)N2)Cc2cc(O)ccc21. The molecule has 5 rings (SSSR count). The fraction of sp³-hybridized carbons (Fsp3) is 0.417. The minimum absolute atomic E-state index is 0.0212. The van der Waals surface area contributed by atoms with Crippen LogP contribution in [0.4, 0.5) is 0 Å². The molecule has 3 aromatic rings. The highest BCUT2D eigenvalue weighted by atomic mass is 16.3. The van der Waals surface area contributed by atoms with Gasteiger partial charge >= 0.3 is 0 Å². The number of fused-ring (bicyclic) bond motifs is 1. The molecule has 2 aliphatic rings. The van der Waals surface area contributed by atoms with Crippen LogP contribution < -0.4 is 27.4 Å². The summed E-state index contributed by atoms with van der Waals surface area (Å²) in [6, 6.07) is 25.0. The molecule has 2 aliphatic heterocycles. The minimum Gasteiger partial charge on any atom is -0.508 e. The van der Waals surface area contributed by atoms with Crippen molar-refractivity contribution in [3.63, 3.8) is 0 Å². The number of nitrogens with one attached hydrogen (secondary N) is 3. The molecule has 10 heteroatoms. The Morgan fingerprint density at radius 3 is 2.39 bits per heavy atom. The Morgan fingerprint density at radius 2 is 1.74 bits per heavy atom. The van der Waals surface area contributed by atoms with Crippen molar-refractivity contribution in [2.24, 2.45) is 16.5 Å². The van der Waals surface area contributed by atoms with Gasteiger partial charge in [-0.05, 0) is 73.9 Å². The monoisotopic (exact) mass is 625 g/mol. The maximum atomic E-state index is 14.1. The van der Waals surface area contributed by atoms with E-state index in [-0.39, 0.29) is 35.5 Å². The molecule has 244 valence electrons. The molecule has 46 heavy (non-hydrogen) atoms. The average molecular weight is 626 g/mol. The van der Waals surface area contributed by atoms with E-state index in [1.54, 1.807) is 12.1 Å². The van der Waals surface area contributed by atoms with Crippen molar-refractivity contribution in [3.05, 3.63) is 101 Å². The Morgan fingerprint density at radius 1 is 1.07 bits per heavy atom. The van der Waals surface area contributed by atoms with Crippen LogP contribution in [0.1, 0.15) is 61.3 Å². The van der Waals surface area contributed by atoms with E-state index in [4.69, 9.17) is 11.5 Å². The molecule has 1 fully saturated rings. The second-order valence-electron chi connectivity index (χ2n) is 12.9. The van der Waals surface area contributed by atoms with Crippen LogP contribution in [-0.4, -0.2) is 72.1 Å². The van der Waals surface area contributed by atoms with Crippen LogP contribution in [0.15, 0.2) is 83.9 Å². The van der Waals surface area contributed by atoms with E-state index in [2.05, 4.69) is 45.2 Å². The van der Waals surface area contributed by atoms with Gasteiger partial charge in [0.15, 0.2) is 5.96 Å². The lowest BCUT2D eigenvalue weighted by atomic mass is 9.82. The lowest BCUT2D eigenvalue weighted by Crippen LogP contribution is -2.57. The third kappa shape index (κ3) is 8.24. The van der Waals surface area contributed by atoms with Gasteiger partial charge in [-0.1, -0.05) is 66.7 Å². The van der Waals surface area contributed by atoms with E-state index < -0.39 is 17.6 Å². The summed E-state index contributed by atoms with van der Waals surface area (Å²) in [5.74, 6) is 0.192. The molecule has 2 heterocycles. The largest absolute Gasteiger partial charge is 0.508 e. The number of guanidine groups is 1. The number of rotatable bonds is 11. The second-order valence-corrected chi connectivity index (χ2v) is 12.9. The summed E-state index contributed by atoms with van der Waals surface area (Å²) in [6.45, 7) is 6.02. The fourth-order valence-electron chi connectivity index (χ4n) is 6.78. The first-order valence-corrected chi connectivity index (χ1v) is 16.2. The number of benzene rings is 3. The zero-order valence-electron chi connectivity index (χ0n) is 26.8. The minimum atomic E-state index is -0.443. The molecule has 0 bridgehead atoms. The number of amides is 2. The van der Waals surface area contributed by atoms with Crippen molar-refractivity contribution in [2.45, 2.75) is 69.1 Å². The Balaban J connectivity index is 1.29. The highest BCUT2D eigenvalue weighted by molar-refractivity contribution is 5.83.